The monoisotopic (exact) mass is 324 g/mol. The molecule has 0 radical (unpaired) electrons. The second-order valence-corrected chi connectivity index (χ2v) is 6.29. The van der Waals surface area contributed by atoms with Crippen LogP contribution in [0.2, 0.25) is 0 Å². The van der Waals surface area contributed by atoms with Crippen LogP contribution < -0.4 is 15.5 Å². The van der Waals surface area contributed by atoms with E-state index in [4.69, 9.17) is 0 Å². The van der Waals surface area contributed by atoms with Gasteiger partial charge in [0.15, 0.2) is 0 Å². The molecule has 0 spiro atoms. The van der Waals surface area contributed by atoms with Crippen LogP contribution in [0.4, 0.5) is 11.4 Å². The van der Waals surface area contributed by atoms with Gasteiger partial charge < -0.3 is 15.5 Å². The molecule has 0 bridgehead atoms. The first-order chi connectivity index (χ1) is 9.24. The predicted molar refractivity (Wildman–Crippen MR) is 84.1 cm³/mol. The van der Waals surface area contributed by atoms with Crippen LogP contribution in [0.15, 0.2) is 22.7 Å². The average Bonchev–Trinajstić information content (AvgIpc) is 2.42. The van der Waals surface area contributed by atoms with Gasteiger partial charge in [-0.2, -0.15) is 0 Å². The van der Waals surface area contributed by atoms with E-state index in [0.29, 0.717) is 6.04 Å². The summed E-state index contributed by atoms with van der Waals surface area (Å²) in [4.78, 5) is 4.97. The molecule has 2 aliphatic heterocycles. The fraction of sp³-hybridized carbons (Fsp3) is 0.571. The van der Waals surface area contributed by atoms with Crippen molar-refractivity contribution in [3.05, 3.63) is 22.7 Å². The van der Waals surface area contributed by atoms with Crippen LogP contribution in [0.3, 0.4) is 0 Å². The fourth-order valence-corrected chi connectivity index (χ4v) is 3.22. The molecule has 104 valence electrons. The fourth-order valence-electron chi connectivity index (χ4n) is 2.87. The van der Waals surface area contributed by atoms with Crippen molar-refractivity contribution in [3.8, 4) is 0 Å². The largest absolute Gasteiger partial charge is 0.382 e. The molecule has 2 N–H and O–H groups in total. The molecular formula is C14H21BrN4. The highest BCUT2D eigenvalue weighted by Gasteiger charge is 2.24. The van der Waals surface area contributed by atoms with Gasteiger partial charge in [-0.25, -0.2) is 0 Å². The second-order valence-electron chi connectivity index (χ2n) is 5.37. The van der Waals surface area contributed by atoms with Crippen molar-refractivity contribution in [1.29, 1.82) is 0 Å². The summed E-state index contributed by atoms with van der Waals surface area (Å²) in [6.07, 6.45) is 0. The number of halogens is 1. The molecule has 4 nitrogen and oxygen atoms in total. The molecule has 1 atom stereocenters. The molecule has 2 heterocycles. The molecule has 5 heteroatoms. The van der Waals surface area contributed by atoms with Gasteiger partial charge in [0.25, 0.3) is 0 Å². The number of benzene rings is 1. The van der Waals surface area contributed by atoms with Crippen LogP contribution in [0, 0.1) is 0 Å². The van der Waals surface area contributed by atoms with Gasteiger partial charge in [-0.3, -0.25) is 4.90 Å². The second kappa shape index (κ2) is 5.69. The Bertz CT molecular complexity index is 451. The van der Waals surface area contributed by atoms with Crippen LogP contribution >= 0.6 is 15.9 Å². The Balaban J connectivity index is 1.77. The number of hydrogen-bond acceptors (Lipinski definition) is 4. The SMILES string of the molecule is CN1CCNCC1CN1CCNc2ccc(Br)cc21. The van der Waals surface area contributed by atoms with Crippen LogP contribution in [0.25, 0.3) is 0 Å². The Labute approximate surface area is 123 Å². The van der Waals surface area contributed by atoms with Gasteiger partial charge in [-0.1, -0.05) is 15.9 Å². The maximum absolute atomic E-state index is 3.58. The van der Waals surface area contributed by atoms with Crippen molar-refractivity contribution in [2.24, 2.45) is 0 Å². The van der Waals surface area contributed by atoms with E-state index in [1.165, 1.54) is 11.4 Å². The third-order valence-corrected chi connectivity index (χ3v) is 4.57. The predicted octanol–water partition coefficient (Wildman–Crippen LogP) is 1.58. The first kappa shape index (κ1) is 13.2. The van der Waals surface area contributed by atoms with Crippen LogP contribution in [0.5, 0.6) is 0 Å². The van der Waals surface area contributed by atoms with Crippen LogP contribution in [-0.2, 0) is 0 Å². The number of likely N-dealkylation sites (N-methyl/N-ethyl adjacent to an activating group) is 1. The van der Waals surface area contributed by atoms with Gasteiger partial charge >= 0.3 is 0 Å². The zero-order chi connectivity index (χ0) is 13.2. The summed E-state index contributed by atoms with van der Waals surface area (Å²) < 4.78 is 1.15. The van der Waals surface area contributed by atoms with Gasteiger partial charge in [0.05, 0.1) is 11.4 Å². The van der Waals surface area contributed by atoms with E-state index >= 15 is 0 Å². The molecule has 1 unspecified atom stereocenters. The summed E-state index contributed by atoms with van der Waals surface area (Å²) in [7, 11) is 2.23. The Hall–Kier alpha value is -0.780. The first-order valence-corrected chi connectivity index (χ1v) is 7.72. The lowest BCUT2D eigenvalue weighted by Gasteiger charge is -2.40. The Morgan fingerprint density at radius 1 is 1.32 bits per heavy atom. The number of hydrogen-bond donors (Lipinski definition) is 2. The van der Waals surface area contributed by atoms with Crippen molar-refractivity contribution in [2.75, 3.05) is 56.5 Å². The summed E-state index contributed by atoms with van der Waals surface area (Å²) in [5.41, 5.74) is 2.57. The van der Waals surface area contributed by atoms with Crippen molar-refractivity contribution in [2.45, 2.75) is 6.04 Å². The third kappa shape index (κ3) is 2.88. The minimum atomic E-state index is 0.596. The highest BCUT2D eigenvalue weighted by molar-refractivity contribution is 9.10. The zero-order valence-electron chi connectivity index (χ0n) is 11.3. The third-order valence-electron chi connectivity index (χ3n) is 4.07. The standard InChI is InChI=1S/C14H21BrN4/c1-18-6-4-16-9-12(18)10-19-7-5-17-13-3-2-11(15)8-14(13)19/h2-3,8,12,16-17H,4-7,9-10H2,1H3. The molecule has 0 aromatic heterocycles. The summed E-state index contributed by atoms with van der Waals surface area (Å²) in [6.45, 7) is 6.53. The van der Waals surface area contributed by atoms with E-state index in [-0.39, 0.29) is 0 Å². The highest BCUT2D eigenvalue weighted by atomic mass is 79.9. The number of rotatable bonds is 2. The van der Waals surface area contributed by atoms with Gasteiger partial charge in [-0.05, 0) is 25.2 Å². The molecule has 2 aliphatic rings. The molecule has 1 fully saturated rings. The number of anilines is 2. The lowest BCUT2D eigenvalue weighted by atomic mass is 10.1. The minimum Gasteiger partial charge on any atom is -0.382 e. The molecule has 3 rings (SSSR count). The van der Waals surface area contributed by atoms with Crippen molar-refractivity contribution >= 4 is 27.3 Å². The smallest absolute Gasteiger partial charge is 0.0614 e. The molecular weight excluding hydrogens is 304 g/mol. The van der Waals surface area contributed by atoms with Crippen LogP contribution in [-0.4, -0.2) is 57.3 Å². The molecule has 0 aliphatic carbocycles. The lowest BCUT2D eigenvalue weighted by molar-refractivity contribution is 0.202. The van der Waals surface area contributed by atoms with E-state index < -0.39 is 0 Å². The molecule has 0 saturated carbocycles. The Morgan fingerprint density at radius 3 is 3.05 bits per heavy atom. The topological polar surface area (TPSA) is 30.5 Å². The molecule has 1 saturated heterocycles. The van der Waals surface area contributed by atoms with Crippen molar-refractivity contribution < 1.29 is 0 Å². The lowest BCUT2D eigenvalue weighted by Crippen LogP contribution is -2.55. The van der Waals surface area contributed by atoms with E-state index in [1.807, 2.05) is 0 Å². The van der Waals surface area contributed by atoms with Crippen molar-refractivity contribution in [3.63, 3.8) is 0 Å². The van der Waals surface area contributed by atoms with E-state index in [1.54, 1.807) is 0 Å². The van der Waals surface area contributed by atoms with E-state index in [2.05, 4.69) is 61.6 Å². The number of fused-ring (bicyclic) bond motifs is 1. The average molecular weight is 325 g/mol. The molecule has 0 amide bonds. The summed E-state index contributed by atoms with van der Waals surface area (Å²) in [5.74, 6) is 0. The normalized spacial score (nSPS) is 23.9. The number of nitrogens with zero attached hydrogens (tertiary/aromatic N) is 2. The summed E-state index contributed by atoms with van der Waals surface area (Å²) in [6, 6.07) is 7.08. The van der Waals surface area contributed by atoms with Gasteiger partial charge in [0, 0.05) is 49.8 Å². The first-order valence-electron chi connectivity index (χ1n) is 6.93. The highest BCUT2D eigenvalue weighted by Crippen LogP contribution is 2.32. The summed E-state index contributed by atoms with van der Waals surface area (Å²) >= 11 is 3.58. The number of nitrogens with one attached hydrogen (secondary N) is 2. The van der Waals surface area contributed by atoms with Crippen molar-refractivity contribution in [1.82, 2.24) is 10.2 Å². The maximum atomic E-state index is 3.58. The molecule has 1 aromatic carbocycles. The zero-order valence-corrected chi connectivity index (χ0v) is 12.9. The van der Waals surface area contributed by atoms with Crippen LogP contribution in [0.1, 0.15) is 0 Å². The van der Waals surface area contributed by atoms with Gasteiger partial charge in [0.1, 0.15) is 0 Å². The minimum absolute atomic E-state index is 0.596. The van der Waals surface area contributed by atoms with Gasteiger partial charge in [0.2, 0.25) is 0 Å². The van der Waals surface area contributed by atoms with E-state index in [9.17, 15) is 0 Å². The Kier molecular flexibility index (Phi) is 3.96. The van der Waals surface area contributed by atoms with E-state index in [0.717, 1.165) is 43.7 Å². The molecule has 19 heavy (non-hydrogen) atoms. The molecule has 1 aromatic rings. The Morgan fingerprint density at radius 2 is 2.21 bits per heavy atom. The number of piperazine rings is 1. The van der Waals surface area contributed by atoms with Gasteiger partial charge in [-0.15, -0.1) is 0 Å². The quantitative estimate of drug-likeness (QED) is 0.864. The maximum Gasteiger partial charge on any atom is 0.0614 e. The summed E-state index contributed by atoms with van der Waals surface area (Å²) in [5, 5.41) is 6.97.